The Morgan fingerprint density at radius 1 is 1.15 bits per heavy atom. The molecule has 1 unspecified atom stereocenters. The topological polar surface area (TPSA) is 20.3 Å². The van der Waals surface area contributed by atoms with E-state index in [0.29, 0.717) is 5.02 Å². The lowest BCUT2D eigenvalue weighted by Crippen LogP contribution is -2.37. The molecular formula is C16H12ClNOS. The SMILES string of the molecule is O=C1c2cc(Cl)ccc2C2(c3ccccc3)SCCN12. The van der Waals surface area contributed by atoms with Crippen LogP contribution in [0, 0.1) is 0 Å². The fraction of sp³-hybridized carbons (Fsp3) is 0.188. The molecule has 1 amide bonds. The zero-order chi connectivity index (χ0) is 13.7. The number of halogens is 1. The zero-order valence-electron chi connectivity index (χ0n) is 10.7. The van der Waals surface area contributed by atoms with Crippen LogP contribution >= 0.6 is 23.4 Å². The highest BCUT2D eigenvalue weighted by atomic mass is 35.5. The quantitative estimate of drug-likeness (QED) is 0.799. The van der Waals surface area contributed by atoms with E-state index in [0.717, 1.165) is 29.0 Å². The van der Waals surface area contributed by atoms with Crippen molar-refractivity contribution in [2.75, 3.05) is 12.3 Å². The first kappa shape index (κ1) is 12.3. The summed E-state index contributed by atoms with van der Waals surface area (Å²) in [6.07, 6.45) is 0. The molecule has 0 bridgehead atoms. The van der Waals surface area contributed by atoms with Crippen molar-refractivity contribution in [2.45, 2.75) is 4.87 Å². The molecule has 2 nitrogen and oxygen atoms in total. The van der Waals surface area contributed by atoms with Crippen molar-refractivity contribution in [1.29, 1.82) is 0 Å². The van der Waals surface area contributed by atoms with Crippen molar-refractivity contribution in [3.05, 3.63) is 70.2 Å². The normalized spacial score (nSPS) is 23.9. The fourth-order valence-corrected chi connectivity index (χ4v) is 4.89. The van der Waals surface area contributed by atoms with Crippen LogP contribution in [-0.2, 0) is 4.87 Å². The maximum Gasteiger partial charge on any atom is 0.256 e. The van der Waals surface area contributed by atoms with Gasteiger partial charge in [-0.3, -0.25) is 4.79 Å². The second-order valence-electron chi connectivity index (χ2n) is 5.01. The average Bonchev–Trinajstić information content (AvgIpc) is 3.00. The van der Waals surface area contributed by atoms with Crippen molar-refractivity contribution in [3.8, 4) is 0 Å². The Kier molecular flexibility index (Phi) is 2.63. The third-order valence-electron chi connectivity index (χ3n) is 3.99. The van der Waals surface area contributed by atoms with Gasteiger partial charge in [0.15, 0.2) is 0 Å². The largest absolute Gasteiger partial charge is 0.315 e. The highest BCUT2D eigenvalue weighted by Gasteiger charge is 2.54. The highest BCUT2D eigenvalue weighted by molar-refractivity contribution is 8.00. The van der Waals surface area contributed by atoms with Crippen molar-refractivity contribution >= 4 is 29.3 Å². The lowest BCUT2D eigenvalue weighted by molar-refractivity contribution is 0.0752. The van der Waals surface area contributed by atoms with Gasteiger partial charge in [-0.2, -0.15) is 0 Å². The second-order valence-corrected chi connectivity index (χ2v) is 6.73. The van der Waals surface area contributed by atoms with Gasteiger partial charge in [-0.05, 0) is 17.7 Å². The van der Waals surface area contributed by atoms with Crippen molar-refractivity contribution in [1.82, 2.24) is 4.90 Å². The molecular weight excluding hydrogens is 290 g/mol. The molecule has 0 spiro atoms. The smallest absolute Gasteiger partial charge is 0.256 e. The molecule has 0 radical (unpaired) electrons. The molecule has 2 heterocycles. The molecule has 1 fully saturated rings. The monoisotopic (exact) mass is 301 g/mol. The van der Waals surface area contributed by atoms with Crippen LogP contribution in [0.1, 0.15) is 21.5 Å². The number of benzene rings is 2. The van der Waals surface area contributed by atoms with Gasteiger partial charge in [0.2, 0.25) is 0 Å². The molecule has 20 heavy (non-hydrogen) atoms. The van der Waals surface area contributed by atoms with Crippen molar-refractivity contribution in [2.24, 2.45) is 0 Å². The number of nitrogens with zero attached hydrogens (tertiary/aromatic N) is 1. The van der Waals surface area contributed by atoms with Gasteiger partial charge in [-0.25, -0.2) is 0 Å². The number of hydrogen-bond acceptors (Lipinski definition) is 2. The summed E-state index contributed by atoms with van der Waals surface area (Å²) in [5.41, 5.74) is 2.98. The molecule has 0 saturated carbocycles. The van der Waals surface area contributed by atoms with Crippen LogP contribution in [0.2, 0.25) is 5.02 Å². The van der Waals surface area contributed by atoms with Crippen LogP contribution in [0.5, 0.6) is 0 Å². The molecule has 2 aliphatic heterocycles. The van der Waals surface area contributed by atoms with Crippen LogP contribution in [0.3, 0.4) is 0 Å². The zero-order valence-corrected chi connectivity index (χ0v) is 12.2. The summed E-state index contributed by atoms with van der Waals surface area (Å²) in [7, 11) is 0. The van der Waals surface area contributed by atoms with Gasteiger partial charge in [0.1, 0.15) is 4.87 Å². The predicted molar refractivity (Wildman–Crippen MR) is 82.2 cm³/mol. The summed E-state index contributed by atoms with van der Waals surface area (Å²) in [4.78, 5) is 14.3. The number of amides is 1. The lowest BCUT2D eigenvalue weighted by Gasteiger charge is -2.32. The molecule has 2 aliphatic rings. The number of rotatable bonds is 1. The van der Waals surface area contributed by atoms with Crippen molar-refractivity contribution in [3.63, 3.8) is 0 Å². The Morgan fingerprint density at radius 2 is 1.95 bits per heavy atom. The van der Waals surface area contributed by atoms with E-state index >= 15 is 0 Å². The van der Waals surface area contributed by atoms with Crippen molar-refractivity contribution < 1.29 is 4.79 Å². The van der Waals surface area contributed by atoms with E-state index in [2.05, 4.69) is 12.1 Å². The van der Waals surface area contributed by atoms with E-state index in [-0.39, 0.29) is 10.8 Å². The van der Waals surface area contributed by atoms with Gasteiger partial charge in [0.25, 0.3) is 5.91 Å². The minimum absolute atomic E-state index is 0.0938. The summed E-state index contributed by atoms with van der Waals surface area (Å²) in [6.45, 7) is 0.782. The molecule has 2 aromatic carbocycles. The molecule has 2 aromatic rings. The van der Waals surface area contributed by atoms with Crippen LogP contribution in [-0.4, -0.2) is 23.1 Å². The predicted octanol–water partition coefficient (Wildman–Crippen LogP) is 3.74. The van der Waals surface area contributed by atoms with Crippen LogP contribution in [0.25, 0.3) is 0 Å². The lowest BCUT2D eigenvalue weighted by atomic mass is 9.97. The van der Waals surface area contributed by atoms with E-state index in [1.165, 1.54) is 0 Å². The van der Waals surface area contributed by atoms with Gasteiger partial charge in [-0.15, -0.1) is 11.8 Å². The van der Waals surface area contributed by atoms with Gasteiger partial charge in [-0.1, -0.05) is 48.0 Å². The average molecular weight is 302 g/mol. The van der Waals surface area contributed by atoms with Gasteiger partial charge in [0, 0.05) is 28.4 Å². The first-order valence-electron chi connectivity index (χ1n) is 6.55. The van der Waals surface area contributed by atoms with Crippen LogP contribution in [0.15, 0.2) is 48.5 Å². The Balaban J connectivity index is 2.01. The molecule has 100 valence electrons. The van der Waals surface area contributed by atoms with E-state index in [1.807, 2.05) is 47.0 Å². The molecule has 4 rings (SSSR count). The summed E-state index contributed by atoms with van der Waals surface area (Å²) in [5, 5.41) is 0.617. The molecule has 0 N–H and O–H groups in total. The van der Waals surface area contributed by atoms with E-state index in [9.17, 15) is 4.79 Å². The third kappa shape index (κ3) is 1.45. The minimum atomic E-state index is -0.363. The Labute approximate surface area is 126 Å². The van der Waals surface area contributed by atoms with Gasteiger partial charge >= 0.3 is 0 Å². The maximum atomic E-state index is 12.7. The molecule has 0 aliphatic carbocycles. The van der Waals surface area contributed by atoms with E-state index in [4.69, 9.17) is 11.6 Å². The minimum Gasteiger partial charge on any atom is -0.315 e. The summed E-state index contributed by atoms with van der Waals surface area (Å²) in [6, 6.07) is 15.9. The Bertz CT molecular complexity index is 703. The van der Waals surface area contributed by atoms with Gasteiger partial charge < -0.3 is 4.90 Å². The second kappa shape index (κ2) is 4.27. The maximum absolute atomic E-state index is 12.7. The number of carbonyl (C=O) groups is 1. The highest BCUT2D eigenvalue weighted by Crippen LogP contribution is 2.55. The molecule has 1 saturated heterocycles. The molecule has 0 aromatic heterocycles. The first-order chi connectivity index (χ1) is 9.73. The Hall–Kier alpha value is -1.45. The fourth-order valence-electron chi connectivity index (χ4n) is 3.18. The standard InChI is InChI=1S/C16H12ClNOS/c17-12-6-7-14-13(10-12)15(19)18-8-9-20-16(14,18)11-4-2-1-3-5-11/h1-7,10H,8-9H2. The summed E-state index contributed by atoms with van der Waals surface area (Å²) >= 11 is 7.89. The van der Waals surface area contributed by atoms with Crippen LogP contribution in [0.4, 0.5) is 0 Å². The number of fused-ring (bicyclic) bond motifs is 3. The Morgan fingerprint density at radius 3 is 2.75 bits per heavy atom. The first-order valence-corrected chi connectivity index (χ1v) is 7.91. The summed E-state index contributed by atoms with van der Waals surface area (Å²) < 4.78 is 0. The van der Waals surface area contributed by atoms with E-state index < -0.39 is 0 Å². The number of carbonyl (C=O) groups excluding carboxylic acids is 1. The van der Waals surface area contributed by atoms with Gasteiger partial charge in [0.05, 0.1) is 0 Å². The van der Waals surface area contributed by atoms with Crippen LogP contribution < -0.4 is 0 Å². The summed E-state index contributed by atoms with van der Waals surface area (Å²) in [5.74, 6) is 1.05. The molecule has 4 heteroatoms. The van der Waals surface area contributed by atoms with E-state index in [1.54, 1.807) is 6.07 Å². The number of hydrogen-bond donors (Lipinski definition) is 0. The molecule has 1 atom stereocenters. The number of thioether (sulfide) groups is 1. The third-order valence-corrected chi connectivity index (χ3v) is 5.71.